The van der Waals surface area contributed by atoms with E-state index in [-0.39, 0.29) is 12.7 Å². The molecular weight excluding hydrogens is 230 g/mol. The van der Waals surface area contributed by atoms with Gasteiger partial charge in [-0.1, -0.05) is 6.42 Å². The van der Waals surface area contributed by atoms with Crippen LogP contribution in [0.2, 0.25) is 0 Å². The van der Waals surface area contributed by atoms with Crippen molar-refractivity contribution < 1.29 is 14.3 Å². The number of carbonyl (C=O) groups excluding carboxylic acids is 1. The van der Waals surface area contributed by atoms with Crippen molar-refractivity contribution in [1.82, 2.24) is 4.90 Å². The van der Waals surface area contributed by atoms with Gasteiger partial charge in [0, 0.05) is 19.2 Å². The normalized spacial score (nSPS) is 17.4. The number of hydrogen-bond acceptors (Lipinski definition) is 3. The molecule has 4 heteroatoms. The summed E-state index contributed by atoms with van der Waals surface area (Å²) in [6.45, 7) is 1.10. The lowest BCUT2D eigenvalue weighted by molar-refractivity contribution is 0.0745. The zero-order chi connectivity index (χ0) is 12.5. The maximum Gasteiger partial charge on any atom is 0.253 e. The van der Waals surface area contributed by atoms with E-state index in [1.54, 1.807) is 23.1 Å². The highest BCUT2D eigenvalue weighted by Crippen LogP contribution is 2.33. The van der Waals surface area contributed by atoms with Crippen LogP contribution in [0.1, 0.15) is 29.6 Å². The van der Waals surface area contributed by atoms with Crippen LogP contribution in [0, 0.1) is 5.92 Å². The third kappa shape index (κ3) is 2.03. The molecule has 1 heterocycles. The summed E-state index contributed by atoms with van der Waals surface area (Å²) < 4.78 is 10.5. The predicted molar refractivity (Wildman–Crippen MR) is 66.9 cm³/mol. The first-order chi connectivity index (χ1) is 8.74. The first-order valence-electron chi connectivity index (χ1n) is 6.39. The van der Waals surface area contributed by atoms with Gasteiger partial charge in [0.25, 0.3) is 5.91 Å². The van der Waals surface area contributed by atoms with Crippen molar-refractivity contribution in [2.24, 2.45) is 5.92 Å². The van der Waals surface area contributed by atoms with Crippen LogP contribution in [0.15, 0.2) is 18.2 Å². The average molecular weight is 247 g/mol. The Bertz CT molecular complexity index is 468. The summed E-state index contributed by atoms with van der Waals surface area (Å²) in [6.07, 6.45) is 3.80. The molecule has 18 heavy (non-hydrogen) atoms. The molecule has 3 rings (SSSR count). The molecule has 4 nitrogen and oxygen atoms in total. The van der Waals surface area contributed by atoms with E-state index in [1.165, 1.54) is 19.3 Å². The van der Waals surface area contributed by atoms with Crippen molar-refractivity contribution in [3.05, 3.63) is 23.8 Å². The van der Waals surface area contributed by atoms with E-state index in [9.17, 15) is 4.79 Å². The standard InChI is InChI=1S/C14H17NO3/c1-15(8-10-3-2-4-10)14(16)11-5-6-12-13(7-11)18-9-17-12/h5-7,10H,2-4,8-9H2,1H3. The van der Waals surface area contributed by atoms with Crippen LogP contribution in [0.25, 0.3) is 0 Å². The Labute approximate surface area is 106 Å². The van der Waals surface area contributed by atoms with Gasteiger partial charge in [0.2, 0.25) is 6.79 Å². The summed E-state index contributed by atoms with van der Waals surface area (Å²) in [5.41, 5.74) is 0.668. The van der Waals surface area contributed by atoms with Crippen molar-refractivity contribution >= 4 is 5.91 Å². The van der Waals surface area contributed by atoms with Crippen molar-refractivity contribution in [2.75, 3.05) is 20.4 Å². The van der Waals surface area contributed by atoms with Gasteiger partial charge in [-0.2, -0.15) is 0 Å². The van der Waals surface area contributed by atoms with E-state index >= 15 is 0 Å². The van der Waals surface area contributed by atoms with Crippen LogP contribution < -0.4 is 9.47 Å². The third-order valence-electron chi connectivity index (χ3n) is 3.72. The quantitative estimate of drug-likeness (QED) is 0.822. The first kappa shape index (κ1) is 11.4. The van der Waals surface area contributed by atoms with Gasteiger partial charge < -0.3 is 14.4 Å². The van der Waals surface area contributed by atoms with E-state index in [1.807, 2.05) is 7.05 Å². The largest absolute Gasteiger partial charge is 0.454 e. The predicted octanol–water partition coefficient (Wildman–Crippen LogP) is 2.29. The number of nitrogens with zero attached hydrogens (tertiary/aromatic N) is 1. The Balaban J connectivity index is 1.71. The monoisotopic (exact) mass is 247 g/mol. The van der Waals surface area contributed by atoms with E-state index in [2.05, 4.69) is 0 Å². The smallest absolute Gasteiger partial charge is 0.253 e. The highest BCUT2D eigenvalue weighted by Gasteiger charge is 2.23. The van der Waals surface area contributed by atoms with E-state index in [0.717, 1.165) is 6.54 Å². The Morgan fingerprint density at radius 3 is 2.83 bits per heavy atom. The van der Waals surface area contributed by atoms with Crippen molar-refractivity contribution in [1.29, 1.82) is 0 Å². The number of fused-ring (bicyclic) bond motifs is 1. The number of amides is 1. The molecule has 0 spiro atoms. The molecule has 1 amide bonds. The maximum absolute atomic E-state index is 12.2. The fourth-order valence-electron chi connectivity index (χ4n) is 2.40. The molecule has 1 aromatic carbocycles. The SMILES string of the molecule is CN(CC1CCC1)C(=O)c1ccc2c(c1)OCO2. The Morgan fingerprint density at radius 2 is 2.11 bits per heavy atom. The van der Waals surface area contributed by atoms with Gasteiger partial charge in [-0.05, 0) is 37.0 Å². The molecule has 0 unspecified atom stereocenters. The molecule has 1 fully saturated rings. The van der Waals surface area contributed by atoms with Gasteiger partial charge in [-0.25, -0.2) is 0 Å². The number of hydrogen-bond donors (Lipinski definition) is 0. The number of benzene rings is 1. The van der Waals surface area contributed by atoms with Crippen molar-refractivity contribution in [2.45, 2.75) is 19.3 Å². The molecule has 1 aliphatic carbocycles. The second-order valence-corrected chi connectivity index (χ2v) is 5.05. The van der Waals surface area contributed by atoms with Gasteiger partial charge in [-0.3, -0.25) is 4.79 Å². The minimum absolute atomic E-state index is 0.0557. The second-order valence-electron chi connectivity index (χ2n) is 5.05. The van der Waals surface area contributed by atoms with E-state index < -0.39 is 0 Å². The molecule has 0 bridgehead atoms. The fourth-order valence-corrected chi connectivity index (χ4v) is 2.40. The molecular formula is C14H17NO3. The zero-order valence-corrected chi connectivity index (χ0v) is 10.5. The Kier molecular flexibility index (Phi) is 2.86. The number of carbonyl (C=O) groups is 1. The van der Waals surface area contributed by atoms with Gasteiger partial charge in [0.15, 0.2) is 11.5 Å². The Morgan fingerprint density at radius 1 is 1.33 bits per heavy atom. The van der Waals surface area contributed by atoms with E-state index in [0.29, 0.717) is 23.0 Å². The lowest BCUT2D eigenvalue weighted by Crippen LogP contribution is -2.34. The molecule has 1 saturated carbocycles. The summed E-state index contributed by atoms with van der Waals surface area (Å²) in [5.74, 6) is 2.12. The number of rotatable bonds is 3. The van der Waals surface area contributed by atoms with Crippen LogP contribution in [-0.4, -0.2) is 31.2 Å². The van der Waals surface area contributed by atoms with Crippen LogP contribution in [0.4, 0.5) is 0 Å². The third-order valence-corrected chi connectivity index (χ3v) is 3.72. The fraction of sp³-hybridized carbons (Fsp3) is 0.500. The highest BCUT2D eigenvalue weighted by atomic mass is 16.7. The molecule has 1 aliphatic heterocycles. The first-order valence-corrected chi connectivity index (χ1v) is 6.39. The highest BCUT2D eigenvalue weighted by molar-refractivity contribution is 5.94. The lowest BCUT2D eigenvalue weighted by Gasteiger charge is -2.30. The summed E-state index contributed by atoms with van der Waals surface area (Å²) >= 11 is 0. The van der Waals surface area contributed by atoms with Gasteiger partial charge in [0.1, 0.15) is 0 Å². The topological polar surface area (TPSA) is 38.8 Å². The lowest BCUT2D eigenvalue weighted by atomic mass is 9.85. The van der Waals surface area contributed by atoms with Gasteiger partial charge in [0.05, 0.1) is 0 Å². The minimum atomic E-state index is 0.0557. The zero-order valence-electron chi connectivity index (χ0n) is 10.5. The Hall–Kier alpha value is -1.71. The maximum atomic E-state index is 12.2. The van der Waals surface area contributed by atoms with Crippen LogP contribution >= 0.6 is 0 Å². The molecule has 0 atom stereocenters. The molecule has 96 valence electrons. The molecule has 1 aromatic rings. The molecule has 2 aliphatic rings. The van der Waals surface area contributed by atoms with Crippen LogP contribution in [0.5, 0.6) is 11.5 Å². The van der Waals surface area contributed by atoms with Crippen LogP contribution in [0.3, 0.4) is 0 Å². The minimum Gasteiger partial charge on any atom is -0.454 e. The molecule has 0 radical (unpaired) electrons. The number of ether oxygens (including phenoxy) is 2. The van der Waals surface area contributed by atoms with Crippen molar-refractivity contribution in [3.8, 4) is 11.5 Å². The van der Waals surface area contributed by atoms with Gasteiger partial charge >= 0.3 is 0 Å². The molecule has 0 N–H and O–H groups in total. The summed E-state index contributed by atoms with van der Waals surface area (Å²) in [7, 11) is 1.87. The van der Waals surface area contributed by atoms with Crippen molar-refractivity contribution in [3.63, 3.8) is 0 Å². The van der Waals surface area contributed by atoms with E-state index in [4.69, 9.17) is 9.47 Å². The molecule has 0 saturated heterocycles. The molecule has 0 aromatic heterocycles. The van der Waals surface area contributed by atoms with Gasteiger partial charge in [-0.15, -0.1) is 0 Å². The summed E-state index contributed by atoms with van der Waals surface area (Å²) in [6, 6.07) is 5.36. The second kappa shape index (κ2) is 4.52. The summed E-state index contributed by atoms with van der Waals surface area (Å²) in [5, 5.41) is 0. The van der Waals surface area contributed by atoms with Crippen LogP contribution in [-0.2, 0) is 0 Å². The summed E-state index contributed by atoms with van der Waals surface area (Å²) in [4.78, 5) is 14.1. The average Bonchev–Trinajstić information content (AvgIpc) is 2.79.